The summed E-state index contributed by atoms with van der Waals surface area (Å²) in [6.07, 6.45) is 0.620. The minimum atomic E-state index is -3.97. The van der Waals surface area contributed by atoms with E-state index in [-0.39, 0.29) is 48.7 Å². The van der Waals surface area contributed by atoms with Gasteiger partial charge in [-0.25, -0.2) is 5.43 Å². The Labute approximate surface area is 138 Å². The fraction of sp³-hybridized carbons (Fsp3) is 0.857. The largest absolute Gasteiger partial charge is 0.311 e. The smallest absolute Gasteiger partial charge is 0.264 e. The molecular weight excluding hydrogens is 322 g/mol. The minimum Gasteiger partial charge on any atom is -0.311 e. The summed E-state index contributed by atoms with van der Waals surface area (Å²) in [4.78, 5) is 24.1. The first kappa shape index (κ1) is 22.1. The number of carbonyl (C=O) groups excluding carboxylic acids is 2. The molecule has 0 aromatic carbocycles. The molecule has 0 unspecified atom stereocenters. The van der Waals surface area contributed by atoms with E-state index < -0.39 is 16.2 Å². The van der Waals surface area contributed by atoms with Gasteiger partial charge in [-0.05, 0) is 32.7 Å². The molecule has 4 N–H and O–H groups in total. The lowest BCUT2D eigenvalue weighted by Crippen LogP contribution is -2.48. The maximum atomic E-state index is 12.2. The molecule has 8 nitrogen and oxygen atoms in total. The Morgan fingerprint density at radius 1 is 1.13 bits per heavy atom. The Balaban J connectivity index is 4.40. The Hall–Kier alpha value is -0.870. The van der Waals surface area contributed by atoms with Crippen LogP contribution in [0.25, 0.3) is 0 Å². The number of ketones is 2. The van der Waals surface area contributed by atoms with Crippen molar-refractivity contribution in [2.24, 2.45) is 5.92 Å². The molecule has 9 heteroatoms. The highest BCUT2D eigenvalue weighted by atomic mass is 32.2. The van der Waals surface area contributed by atoms with Crippen molar-refractivity contribution in [1.82, 2.24) is 16.2 Å². The van der Waals surface area contributed by atoms with Gasteiger partial charge in [-0.2, -0.15) is 8.42 Å². The van der Waals surface area contributed by atoms with Crippen LogP contribution in [0.2, 0.25) is 0 Å². The van der Waals surface area contributed by atoms with Crippen molar-refractivity contribution < 1.29 is 22.6 Å². The highest BCUT2D eigenvalue weighted by Crippen LogP contribution is 2.08. The third kappa shape index (κ3) is 11.3. The highest BCUT2D eigenvalue weighted by Gasteiger charge is 2.23. The van der Waals surface area contributed by atoms with Crippen LogP contribution in [0.15, 0.2) is 0 Å². The zero-order chi connectivity index (χ0) is 18.0. The van der Waals surface area contributed by atoms with Crippen LogP contribution in [0.5, 0.6) is 0 Å². The van der Waals surface area contributed by atoms with Gasteiger partial charge >= 0.3 is 0 Å². The molecule has 136 valence electrons. The van der Waals surface area contributed by atoms with Crippen LogP contribution in [0.4, 0.5) is 0 Å². The van der Waals surface area contributed by atoms with Gasteiger partial charge < -0.3 is 5.32 Å². The van der Waals surface area contributed by atoms with Crippen LogP contribution < -0.4 is 16.2 Å². The number of hydrogen-bond donors (Lipinski definition) is 4. The lowest BCUT2D eigenvalue weighted by Gasteiger charge is -2.20. The Bertz CT molecular complexity index is 479. The monoisotopic (exact) mass is 351 g/mol. The van der Waals surface area contributed by atoms with Gasteiger partial charge in [0.05, 0.1) is 24.3 Å². The SMILES string of the molecule is CN[C@@H](C)C(=O)CC(=O)[C@H](CC(C)C)NNCCCS(=O)(=O)O. The summed E-state index contributed by atoms with van der Waals surface area (Å²) in [7, 11) is -2.31. The first-order chi connectivity index (χ1) is 10.6. The van der Waals surface area contributed by atoms with E-state index in [1.54, 1.807) is 14.0 Å². The third-order valence-electron chi connectivity index (χ3n) is 3.34. The summed E-state index contributed by atoms with van der Waals surface area (Å²) < 4.78 is 29.8. The van der Waals surface area contributed by atoms with E-state index in [2.05, 4.69) is 16.2 Å². The fourth-order valence-corrected chi connectivity index (χ4v) is 2.40. The molecule has 0 aliphatic heterocycles. The molecule has 0 radical (unpaired) electrons. The lowest BCUT2D eigenvalue weighted by molar-refractivity contribution is -0.129. The molecule has 0 aliphatic rings. The number of hydrazine groups is 1. The highest BCUT2D eigenvalue weighted by molar-refractivity contribution is 7.85. The van der Waals surface area contributed by atoms with E-state index in [1.165, 1.54) is 0 Å². The summed E-state index contributed by atoms with van der Waals surface area (Å²) in [5.41, 5.74) is 5.64. The molecule has 0 amide bonds. The maximum Gasteiger partial charge on any atom is 0.264 e. The summed E-state index contributed by atoms with van der Waals surface area (Å²) in [6.45, 7) is 5.92. The van der Waals surface area contributed by atoms with Crippen LogP contribution in [0.1, 0.15) is 40.0 Å². The number of nitrogens with one attached hydrogen (secondary N) is 3. The molecule has 0 fully saturated rings. The van der Waals surface area contributed by atoms with E-state index in [0.717, 1.165) is 0 Å². The molecule has 0 heterocycles. The summed E-state index contributed by atoms with van der Waals surface area (Å²) in [6, 6.07) is -0.893. The second-order valence-electron chi connectivity index (χ2n) is 6.01. The van der Waals surface area contributed by atoms with Gasteiger partial charge in [-0.15, -0.1) is 0 Å². The third-order valence-corrected chi connectivity index (χ3v) is 4.15. The van der Waals surface area contributed by atoms with Crippen molar-refractivity contribution in [1.29, 1.82) is 0 Å². The van der Waals surface area contributed by atoms with Gasteiger partial charge in [0.15, 0.2) is 11.6 Å². The molecule has 0 bridgehead atoms. The molecule has 0 aliphatic carbocycles. The second-order valence-corrected chi connectivity index (χ2v) is 7.58. The van der Waals surface area contributed by atoms with Crippen LogP contribution in [-0.4, -0.2) is 56.0 Å². The van der Waals surface area contributed by atoms with Crippen molar-refractivity contribution in [3.05, 3.63) is 0 Å². The molecule has 0 rings (SSSR count). The number of rotatable bonds is 13. The molecule has 23 heavy (non-hydrogen) atoms. The predicted molar refractivity (Wildman–Crippen MR) is 88.6 cm³/mol. The van der Waals surface area contributed by atoms with Gasteiger partial charge in [-0.3, -0.25) is 19.6 Å². The Morgan fingerprint density at radius 2 is 1.74 bits per heavy atom. The molecule has 0 saturated carbocycles. The average molecular weight is 351 g/mol. The standard InChI is InChI=1S/C14H29N3O5S/c1-10(2)8-12(14(19)9-13(18)11(3)15-4)17-16-6-5-7-23(20,21)22/h10-12,15-17H,5-9H2,1-4H3,(H,20,21,22)/t11-,12-/m0/s1. The quantitative estimate of drug-likeness (QED) is 0.157. The van der Waals surface area contributed by atoms with Gasteiger partial charge in [0.2, 0.25) is 0 Å². The van der Waals surface area contributed by atoms with Crippen LogP contribution >= 0.6 is 0 Å². The number of Topliss-reactive ketones (excluding diaryl/α,β-unsaturated/α-hetero) is 2. The molecule has 2 atom stereocenters. The normalized spacial score (nSPS) is 14.7. The van der Waals surface area contributed by atoms with E-state index in [4.69, 9.17) is 4.55 Å². The topological polar surface area (TPSA) is 125 Å². The fourth-order valence-electron chi connectivity index (χ4n) is 1.89. The Morgan fingerprint density at radius 3 is 2.22 bits per heavy atom. The van der Waals surface area contributed by atoms with Gasteiger partial charge in [0.25, 0.3) is 10.1 Å². The number of hydrogen-bond acceptors (Lipinski definition) is 7. The van der Waals surface area contributed by atoms with Crippen LogP contribution in [0, 0.1) is 5.92 Å². The second kappa shape index (κ2) is 10.8. The number of likely N-dealkylation sites (N-methyl/N-ethyl adjacent to an activating group) is 1. The van der Waals surface area contributed by atoms with Gasteiger partial charge in [0.1, 0.15) is 0 Å². The van der Waals surface area contributed by atoms with Crippen molar-refractivity contribution in [2.45, 2.75) is 52.1 Å². The first-order valence-corrected chi connectivity index (χ1v) is 9.34. The van der Waals surface area contributed by atoms with Crippen LogP contribution in [0.3, 0.4) is 0 Å². The first-order valence-electron chi connectivity index (χ1n) is 7.73. The van der Waals surface area contributed by atoms with Crippen LogP contribution in [-0.2, 0) is 19.7 Å². The summed E-state index contributed by atoms with van der Waals surface area (Å²) in [5.74, 6) is -0.455. The van der Waals surface area contributed by atoms with E-state index >= 15 is 0 Å². The van der Waals surface area contributed by atoms with Crippen molar-refractivity contribution in [3.63, 3.8) is 0 Å². The van der Waals surface area contributed by atoms with Crippen molar-refractivity contribution in [3.8, 4) is 0 Å². The molecular formula is C14H29N3O5S. The molecule has 0 aromatic rings. The van der Waals surface area contributed by atoms with E-state index in [9.17, 15) is 18.0 Å². The van der Waals surface area contributed by atoms with E-state index in [1.807, 2.05) is 13.8 Å². The zero-order valence-corrected chi connectivity index (χ0v) is 15.1. The molecule has 0 aromatic heterocycles. The van der Waals surface area contributed by atoms with Gasteiger partial charge in [0, 0.05) is 6.54 Å². The zero-order valence-electron chi connectivity index (χ0n) is 14.3. The maximum absolute atomic E-state index is 12.2. The summed E-state index contributed by atoms with van der Waals surface area (Å²) >= 11 is 0. The van der Waals surface area contributed by atoms with Crippen molar-refractivity contribution >= 4 is 21.7 Å². The lowest BCUT2D eigenvalue weighted by atomic mass is 9.96. The Kier molecular flexibility index (Phi) is 10.4. The molecule has 0 saturated heterocycles. The predicted octanol–water partition coefficient (Wildman–Crippen LogP) is -0.0906. The van der Waals surface area contributed by atoms with Crippen molar-refractivity contribution in [2.75, 3.05) is 19.3 Å². The average Bonchev–Trinajstić information content (AvgIpc) is 2.42. The van der Waals surface area contributed by atoms with E-state index in [0.29, 0.717) is 6.42 Å². The number of carbonyl (C=O) groups is 2. The minimum absolute atomic E-state index is 0.154. The molecule has 0 spiro atoms. The summed E-state index contributed by atoms with van der Waals surface area (Å²) in [5, 5.41) is 2.81. The van der Waals surface area contributed by atoms with Gasteiger partial charge in [-0.1, -0.05) is 13.8 Å².